The smallest absolute Gasteiger partial charge is 0.374 e. The average molecular weight is 402 g/mol. The second-order valence-corrected chi connectivity index (χ2v) is 7.13. The Balaban J connectivity index is 2.21. The zero-order valence-electron chi connectivity index (χ0n) is 17.0. The molecule has 3 rings (SSSR count). The number of phenols is 1. The lowest BCUT2D eigenvalue weighted by Gasteiger charge is -2.27. The highest BCUT2D eigenvalue weighted by atomic mass is 16.5. The predicted octanol–water partition coefficient (Wildman–Crippen LogP) is 3.30. The predicted molar refractivity (Wildman–Crippen MR) is 106 cm³/mol. The lowest BCUT2D eigenvalue weighted by molar-refractivity contribution is -0.148. The van der Waals surface area contributed by atoms with Gasteiger partial charge in [-0.2, -0.15) is 0 Å². The van der Waals surface area contributed by atoms with Crippen molar-refractivity contribution in [3.8, 4) is 5.75 Å². The summed E-state index contributed by atoms with van der Waals surface area (Å²) in [6.07, 6.45) is 2.88. The monoisotopic (exact) mass is 402 g/mol. The Labute approximate surface area is 168 Å². The molecule has 2 aromatic rings. The molecular formula is C22H26O7. The van der Waals surface area contributed by atoms with E-state index >= 15 is 0 Å². The third kappa shape index (κ3) is 3.86. The van der Waals surface area contributed by atoms with Crippen LogP contribution in [0.4, 0.5) is 0 Å². The summed E-state index contributed by atoms with van der Waals surface area (Å²) >= 11 is 0. The molecule has 1 N–H and O–H groups in total. The topological polar surface area (TPSA) is 103 Å². The van der Waals surface area contributed by atoms with Crippen molar-refractivity contribution in [3.63, 3.8) is 0 Å². The zero-order valence-corrected chi connectivity index (χ0v) is 17.0. The van der Waals surface area contributed by atoms with Crippen molar-refractivity contribution in [1.29, 1.82) is 0 Å². The number of rotatable bonds is 6. The molecule has 156 valence electrons. The van der Waals surface area contributed by atoms with Gasteiger partial charge in [0.15, 0.2) is 5.43 Å². The van der Waals surface area contributed by atoms with E-state index in [1.54, 1.807) is 13.8 Å². The van der Waals surface area contributed by atoms with Gasteiger partial charge in [-0.15, -0.1) is 0 Å². The van der Waals surface area contributed by atoms with Crippen LogP contribution in [0.2, 0.25) is 0 Å². The van der Waals surface area contributed by atoms with Crippen LogP contribution in [0, 0.1) is 5.92 Å². The van der Waals surface area contributed by atoms with E-state index < -0.39 is 11.4 Å². The zero-order chi connectivity index (χ0) is 21.1. The average Bonchev–Trinajstić information content (AvgIpc) is 2.70. The van der Waals surface area contributed by atoms with Crippen molar-refractivity contribution < 1.29 is 28.6 Å². The number of benzene rings is 1. The molecule has 0 radical (unpaired) electrons. The minimum Gasteiger partial charge on any atom is -0.507 e. The summed E-state index contributed by atoms with van der Waals surface area (Å²) in [7, 11) is 0. The molecule has 0 fully saturated rings. The largest absolute Gasteiger partial charge is 0.507 e. The molecule has 0 saturated carbocycles. The molecule has 7 nitrogen and oxygen atoms in total. The number of fused-ring (bicyclic) bond motifs is 2. The van der Waals surface area contributed by atoms with Gasteiger partial charge in [-0.25, -0.2) is 4.79 Å². The van der Waals surface area contributed by atoms with Crippen LogP contribution in [0.25, 0.3) is 11.0 Å². The molecule has 0 amide bonds. The van der Waals surface area contributed by atoms with E-state index in [-0.39, 0.29) is 41.0 Å². The van der Waals surface area contributed by atoms with Gasteiger partial charge in [0.2, 0.25) is 5.76 Å². The van der Waals surface area contributed by atoms with E-state index in [1.165, 1.54) is 0 Å². The molecule has 1 aliphatic rings. The maximum atomic E-state index is 12.8. The molecule has 0 aliphatic heterocycles. The number of aromatic hydroxyl groups is 1. The number of aryl methyl sites for hydroxylation is 1. The number of phenolic OH excluding ortho intramolecular Hbond substituents is 1. The van der Waals surface area contributed by atoms with Crippen LogP contribution in [0.15, 0.2) is 15.3 Å². The van der Waals surface area contributed by atoms with Gasteiger partial charge in [-0.05, 0) is 56.2 Å². The summed E-state index contributed by atoms with van der Waals surface area (Å²) < 4.78 is 15.9. The molecule has 0 saturated heterocycles. The number of carbonyl (C=O) groups excluding carboxylic acids is 2. The molecule has 0 spiro atoms. The first kappa shape index (κ1) is 20.9. The Morgan fingerprint density at radius 3 is 2.55 bits per heavy atom. The fourth-order valence-corrected chi connectivity index (χ4v) is 4.01. The van der Waals surface area contributed by atoms with Gasteiger partial charge < -0.3 is 19.0 Å². The minimum atomic E-state index is -0.714. The maximum Gasteiger partial charge on any atom is 0.374 e. The Kier molecular flexibility index (Phi) is 6.25. The molecule has 1 aliphatic carbocycles. The Hall–Kier alpha value is -2.83. The van der Waals surface area contributed by atoms with Crippen LogP contribution < -0.4 is 5.43 Å². The summed E-state index contributed by atoms with van der Waals surface area (Å²) in [4.78, 5) is 37.1. The molecule has 1 unspecified atom stereocenters. The van der Waals surface area contributed by atoms with Gasteiger partial charge in [0.25, 0.3) is 0 Å². The first-order valence-corrected chi connectivity index (χ1v) is 10.1. The second-order valence-electron chi connectivity index (χ2n) is 7.13. The molecule has 1 atom stereocenters. The van der Waals surface area contributed by atoms with Gasteiger partial charge in [-0.3, -0.25) is 9.59 Å². The summed E-state index contributed by atoms with van der Waals surface area (Å²) in [5.41, 5.74) is 2.02. The highest BCUT2D eigenvalue weighted by Gasteiger charge is 2.32. The van der Waals surface area contributed by atoms with Crippen molar-refractivity contribution in [3.05, 3.63) is 38.7 Å². The summed E-state index contributed by atoms with van der Waals surface area (Å²) in [5, 5.41) is 10.9. The van der Waals surface area contributed by atoms with E-state index in [2.05, 4.69) is 0 Å². The van der Waals surface area contributed by atoms with E-state index in [1.807, 2.05) is 6.92 Å². The highest BCUT2D eigenvalue weighted by molar-refractivity contribution is 5.93. The Bertz CT molecular complexity index is 1000. The number of hydrogen-bond donors (Lipinski definition) is 1. The first-order valence-electron chi connectivity index (χ1n) is 10.1. The van der Waals surface area contributed by atoms with E-state index in [0.29, 0.717) is 37.9 Å². The Morgan fingerprint density at radius 1 is 1.17 bits per heavy atom. The van der Waals surface area contributed by atoms with Crippen molar-refractivity contribution in [1.82, 2.24) is 0 Å². The third-order valence-electron chi connectivity index (χ3n) is 5.26. The summed E-state index contributed by atoms with van der Waals surface area (Å²) in [6, 6.07) is 1.05. The summed E-state index contributed by atoms with van der Waals surface area (Å²) in [6.45, 7) is 5.88. The number of hydrogen-bond acceptors (Lipinski definition) is 7. The van der Waals surface area contributed by atoms with Gasteiger partial charge in [0.1, 0.15) is 16.7 Å². The van der Waals surface area contributed by atoms with Crippen LogP contribution in [-0.4, -0.2) is 30.3 Å². The second kappa shape index (κ2) is 8.68. The van der Waals surface area contributed by atoms with Gasteiger partial charge in [-0.1, -0.05) is 13.3 Å². The summed E-state index contributed by atoms with van der Waals surface area (Å²) in [5.74, 6) is -1.71. The molecule has 1 heterocycles. The van der Waals surface area contributed by atoms with Crippen molar-refractivity contribution in [2.45, 2.75) is 52.9 Å². The van der Waals surface area contributed by atoms with E-state index in [9.17, 15) is 19.5 Å². The van der Waals surface area contributed by atoms with Crippen LogP contribution >= 0.6 is 0 Å². The van der Waals surface area contributed by atoms with Crippen LogP contribution in [0.1, 0.15) is 60.9 Å². The molecule has 29 heavy (non-hydrogen) atoms. The van der Waals surface area contributed by atoms with E-state index in [4.69, 9.17) is 13.9 Å². The minimum absolute atomic E-state index is 0.0461. The van der Waals surface area contributed by atoms with Crippen LogP contribution in [-0.2, 0) is 33.5 Å². The van der Waals surface area contributed by atoms with Gasteiger partial charge in [0, 0.05) is 6.07 Å². The van der Waals surface area contributed by atoms with Crippen molar-refractivity contribution >= 4 is 22.9 Å². The normalized spacial score (nSPS) is 15.8. The molecule has 0 bridgehead atoms. The fourth-order valence-electron chi connectivity index (χ4n) is 4.01. The van der Waals surface area contributed by atoms with Crippen LogP contribution in [0.3, 0.4) is 0 Å². The molecular weight excluding hydrogens is 376 g/mol. The van der Waals surface area contributed by atoms with Crippen LogP contribution in [0.5, 0.6) is 5.75 Å². The SMILES string of the molecule is CCCc1c2c(c(O)c3c(=O)cc(C(=O)OCC)oc13)CC(C(=O)OCC)CC2. The number of ether oxygens (including phenoxy) is 2. The first-order chi connectivity index (χ1) is 13.9. The standard InChI is InChI=1S/C22H26O7/c1-4-7-14-13-9-8-12(21(25)27-5-2)10-15(13)19(24)18-16(23)11-17(29-20(14)18)22(26)28-6-3/h11-12,24H,4-10H2,1-3H3. The van der Waals surface area contributed by atoms with Crippen molar-refractivity contribution in [2.24, 2.45) is 5.92 Å². The van der Waals surface area contributed by atoms with Gasteiger partial charge in [0.05, 0.1) is 19.1 Å². The van der Waals surface area contributed by atoms with Crippen molar-refractivity contribution in [2.75, 3.05) is 13.2 Å². The Morgan fingerprint density at radius 2 is 1.90 bits per heavy atom. The molecule has 1 aromatic heterocycles. The maximum absolute atomic E-state index is 12.8. The quantitative estimate of drug-likeness (QED) is 0.740. The third-order valence-corrected chi connectivity index (χ3v) is 5.26. The number of esters is 2. The molecule has 7 heteroatoms. The fraction of sp³-hybridized carbons (Fsp3) is 0.500. The molecule has 1 aromatic carbocycles. The van der Waals surface area contributed by atoms with Gasteiger partial charge >= 0.3 is 11.9 Å². The highest BCUT2D eigenvalue weighted by Crippen LogP contribution is 2.40. The van der Waals surface area contributed by atoms with E-state index in [0.717, 1.165) is 23.6 Å². The lowest BCUT2D eigenvalue weighted by atomic mass is 9.79. The number of carbonyl (C=O) groups is 2. The lowest BCUT2D eigenvalue weighted by Crippen LogP contribution is -2.26.